The van der Waals surface area contributed by atoms with Crippen molar-refractivity contribution in [3.05, 3.63) is 37.5 Å². The van der Waals surface area contributed by atoms with Crippen LogP contribution in [-0.4, -0.2) is 61.4 Å². The maximum absolute atomic E-state index is 10.4. The Morgan fingerprint density at radius 2 is 1.06 bits per heavy atom. The van der Waals surface area contributed by atoms with Crippen molar-refractivity contribution in [2.24, 2.45) is 0 Å². The Morgan fingerprint density at radius 3 is 1.29 bits per heavy atom. The van der Waals surface area contributed by atoms with E-state index in [1.165, 1.54) is 27.4 Å². The molecule has 0 spiro atoms. The Labute approximate surface area is 209 Å². The maximum atomic E-state index is 10.4. The number of carbonyl (C=O) groups is 5. The van der Waals surface area contributed by atoms with E-state index in [1.807, 2.05) is 32.1 Å². The van der Waals surface area contributed by atoms with Crippen LogP contribution in [0.4, 0.5) is 0 Å². The lowest BCUT2D eigenvalue weighted by atomic mass is 10.3. The molecule has 0 saturated carbocycles. The number of allylic oxidation sites excluding steroid dienone is 2. The van der Waals surface area contributed by atoms with Crippen molar-refractivity contribution in [1.29, 1.82) is 0 Å². The van der Waals surface area contributed by atoms with Crippen molar-refractivity contribution in [2.45, 2.75) is 72.1 Å². The zero-order chi connectivity index (χ0) is 28.5. The fraction of sp³-hybridized carbons (Fsp3) is 0.560. The molecule has 0 unspecified atom stereocenters. The molecule has 0 saturated heterocycles. The molecule has 0 radical (unpaired) electrons. The fourth-order valence-corrected chi connectivity index (χ4v) is 1.16. The number of hydrogen-bond donors (Lipinski definition) is 2. The van der Waals surface area contributed by atoms with Crippen molar-refractivity contribution in [3.8, 4) is 0 Å². The van der Waals surface area contributed by atoms with Crippen LogP contribution in [-0.2, 0) is 38.2 Å². The third-order valence-corrected chi connectivity index (χ3v) is 2.98. The topological polar surface area (TPSA) is 154 Å². The smallest absolute Gasteiger partial charge is 0.309 e. The van der Waals surface area contributed by atoms with Crippen molar-refractivity contribution in [1.82, 2.24) is 0 Å². The van der Waals surface area contributed by atoms with E-state index in [4.69, 9.17) is 10.2 Å². The summed E-state index contributed by atoms with van der Waals surface area (Å²) in [6, 6.07) is 0. The summed E-state index contributed by atoms with van der Waals surface area (Å²) in [6.45, 7) is 12.8. The fourth-order valence-electron chi connectivity index (χ4n) is 1.16. The van der Waals surface area contributed by atoms with E-state index in [0.717, 1.165) is 19.3 Å². The van der Waals surface area contributed by atoms with Gasteiger partial charge in [0.05, 0.1) is 47.0 Å². The first-order valence-corrected chi connectivity index (χ1v) is 11.0. The summed E-state index contributed by atoms with van der Waals surface area (Å²) in [4.78, 5) is 50.2. The highest BCUT2D eigenvalue weighted by molar-refractivity contribution is 5.76. The van der Waals surface area contributed by atoms with E-state index in [9.17, 15) is 24.0 Å². The Bertz CT molecular complexity index is 595. The Balaban J connectivity index is -0.000000110. The predicted octanol–water partition coefficient (Wildman–Crippen LogP) is 4.73. The van der Waals surface area contributed by atoms with Crippen molar-refractivity contribution >= 4 is 29.8 Å². The van der Waals surface area contributed by atoms with Crippen LogP contribution in [0, 0.1) is 0 Å². The van der Waals surface area contributed by atoms with Crippen molar-refractivity contribution < 1.29 is 48.4 Å². The van der Waals surface area contributed by atoms with Gasteiger partial charge in [0.25, 0.3) is 0 Å². The highest BCUT2D eigenvalue weighted by atomic mass is 16.5. The van der Waals surface area contributed by atoms with Gasteiger partial charge < -0.3 is 24.4 Å². The molecule has 204 valence electrons. The zero-order valence-corrected chi connectivity index (χ0v) is 22.0. The van der Waals surface area contributed by atoms with Crippen LogP contribution in [0.2, 0.25) is 0 Å². The van der Waals surface area contributed by atoms with Gasteiger partial charge in [-0.05, 0) is 19.3 Å². The minimum atomic E-state index is -0.986. The SMILES string of the molecule is C=CCC.C=CCC(=O)OC.CC/C=C/CC(=O)OC.CCCC(=O)O.COC(=O)CCC(=O)O. The Kier molecular flexibility index (Phi) is 45.2. The van der Waals surface area contributed by atoms with Crippen LogP contribution < -0.4 is 0 Å². The first kappa shape index (κ1) is 41.8. The van der Waals surface area contributed by atoms with Crippen LogP contribution in [0.1, 0.15) is 72.1 Å². The lowest BCUT2D eigenvalue weighted by Crippen LogP contribution is -2.04. The maximum Gasteiger partial charge on any atom is 0.309 e. The summed E-state index contributed by atoms with van der Waals surface area (Å²) in [5, 5.41) is 16.0. The first-order chi connectivity index (χ1) is 16.5. The summed E-state index contributed by atoms with van der Waals surface area (Å²) < 4.78 is 12.9. The number of aliphatic carboxylic acids is 2. The van der Waals surface area contributed by atoms with Gasteiger partial charge in [-0.25, -0.2) is 0 Å². The van der Waals surface area contributed by atoms with E-state index in [2.05, 4.69) is 34.3 Å². The molecule has 0 atom stereocenters. The summed E-state index contributed by atoms with van der Waals surface area (Å²) in [5.41, 5.74) is 0. The summed E-state index contributed by atoms with van der Waals surface area (Å²) in [5.74, 6) is -2.61. The molecular weight excluding hydrogens is 460 g/mol. The number of carbonyl (C=O) groups excluding carboxylic acids is 3. The molecule has 0 bridgehead atoms. The number of carboxylic acid groups (broad SMARTS) is 2. The number of methoxy groups -OCH3 is 3. The zero-order valence-electron chi connectivity index (χ0n) is 22.0. The number of esters is 3. The van der Waals surface area contributed by atoms with Crippen LogP contribution in [0.3, 0.4) is 0 Å². The molecule has 10 nitrogen and oxygen atoms in total. The minimum absolute atomic E-state index is 0.0498. The van der Waals surface area contributed by atoms with Crippen LogP contribution >= 0.6 is 0 Å². The normalized spacial score (nSPS) is 8.40. The number of rotatable bonds is 11. The Morgan fingerprint density at radius 1 is 0.629 bits per heavy atom. The summed E-state index contributed by atoms with van der Waals surface area (Å²) in [7, 11) is 3.97. The lowest BCUT2D eigenvalue weighted by Gasteiger charge is -1.92. The van der Waals surface area contributed by atoms with Crippen LogP contribution in [0.25, 0.3) is 0 Å². The monoisotopic (exact) mass is 504 g/mol. The highest BCUT2D eigenvalue weighted by Gasteiger charge is 2.02. The van der Waals surface area contributed by atoms with Crippen molar-refractivity contribution in [2.75, 3.05) is 21.3 Å². The highest BCUT2D eigenvalue weighted by Crippen LogP contribution is 1.90. The molecule has 0 aliphatic carbocycles. The predicted molar refractivity (Wildman–Crippen MR) is 135 cm³/mol. The second kappa shape index (κ2) is 37.9. The average Bonchev–Trinajstić information content (AvgIpc) is 2.83. The number of hydrogen-bond acceptors (Lipinski definition) is 8. The molecule has 0 aromatic rings. The van der Waals surface area contributed by atoms with E-state index >= 15 is 0 Å². The van der Waals surface area contributed by atoms with E-state index < -0.39 is 17.9 Å². The van der Waals surface area contributed by atoms with Gasteiger partial charge >= 0.3 is 29.8 Å². The average molecular weight is 505 g/mol. The molecule has 0 fully saturated rings. The molecule has 0 aliphatic heterocycles. The minimum Gasteiger partial charge on any atom is -0.481 e. The number of ether oxygens (including phenoxy) is 3. The summed E-state index contributed by atoms with van der Waals surface area (Å²) >= 11 is 0. The quantitative estimate of drug-likeness (QED) is 0.229. The molecule has 10 heteroatoms. The van der Waals surface area contributed by atoms with Gasteiger partial charge in [0, 0.05) is 6.42 Å². The molecule has 0 aromatic carbocycles. The van der Waals surface area contributed by atoms with Gasteiger partial charge in [-0.2, -0.15) is 0 Å². The van der Waals surface area contributed by atoms with Gasteiger partial charge in [-0.3, -0.25) is 24.0 Å². The van der Waals surface area contributed by atoms with Crippen molar-refractivity contribution in [3.63, 3.8) is 0 Å². The number of carboxylic acids is 2. The second-order valence-corrected chi connectivity index (χ2v) is 6.04. The first-order valence-electron chi connectivity index (χ1n) is 11.0. The van der Waals surface area contributed by atoms with Gasteiger partial charge in [-0.15, -0.1) is 13.2 Å². The van der Waals surface area contributed by atoms with Crippen LogP contribution in [0.15, 0.2) is 37.5 Å². The van der Waals surface area contributed by atoms with Crippen LogP contribution in [0.5, 0.6) is 0 Å². The summed E-state index contributed by atoms with van der Waals surface area (Å²) in [6.07, 6.45) is 10.7. The standard InChI is InChI=1S/C7H12O2.C5H8O4.C5H8O2.C4H8O2.C4H8/c1-3-4-5-6-7(8)9-2;1-9-5(8)3-2-4(6)7;1-3-4-5(6)7-2;1-2-3-4(5)6;1-3-4-2/h4-5H,3,6H2,1-2H3;2-3H2,1H3,(H,6,7);3H,1,4H2,2H3;2-3H2,1H3,(H,5,6);3H,1,4H2,2H3/b5-4+;;;;. The van der Waals surface area contributed by atoms with E-state index in [-0.39, 0.29) is 24.8 Å². The molecule has 0 amide bonds. The molecular formula is C25H44O10. The third-order valence-electron chi connectivity index (χ3n) is 2.98. The lowest BCUT2D eigenvalue weighted by molar-refractivity contribution is -0.145. The molecule has 0 rings (SSSR count). The van der Waals surface area contributed by atoms with Gasteiger partial charge in [0.15, 0.2) is 0 Å². The molecule has 0 aliphatic rings. The molecule has 0 heterocycles. The largest absolute Gasteiger partial charge is 0.481 e. The second-order valence-electron chi connectivity index (χ2n) is 6.04. The molecule has 35 heavy (non-hydrogen) atoms. The van der Waals surface area contributed by atoms with E-state index in [1.54, 1.807) is 0 Å². The molecule has 0 aromatic heterocycles. The van der Waals surface area contributed by atoms with Gasteiger partial charge in [-0.1, -0.05) is 45.1 Å². The van der Waals surface area contributed by atoms with Gasteiger partial charge in [0.2, 0.25) is 0 Å². The Hall–Kier alpha value is -3.43. The van der Waals surface area contributed by atoms with Gasteiger partial charge in [0.1, 0.15) is 0 Å². The van der Waals surface area contributed by atoms with E-state index in [0.29, 0.717) is 19.3 Å². The third kappa shape index (κ3) is 65.2. The molecule has 2 N–H and O–H groups in total.